The molecule has 8 heteroatoms. The van der Waals surface area contributed by atoms with Crippen LogP contribution < -0.4 is 15.0 Å². The maximum Gasteiger partial charge on any atom is 0.303 e. The molecule has 0 aromatic heterocycles. The molecule has 1 amide bonds. The van der Waals surface area contributed by atoms with Crippen LogP contribution in [0.1, 0.15) is 54.3 Å². The second-order valence-corrected chi connectivity index (χ2v) is 9.95. The molecule has 5 rings (SSSR count). The van der Waals surface area contributed by atoms with Crippen molar-refractivity contribution in [2.24, 2.45) is 0 Å². The molecule has 0 saturated heterocycles. The molecule has 0 radical (unpaired) electrons. The molecule has 2 atom stereocenters. The number of fused-ring (bicyclic) bond motifs is 1. The molecule has 7 nitrogen and oxygen atoms in total. The van der Waals surface area contributed by atoms with Gasteiger partial charge in [0.15, 0.2) is 5.78 Å². The van der Waals surface area contributed by atoms with Crippen LogP contribution in [0.15, 0.2) is 78.0 Å². The van der Waals surface area contributed by atoms with Gasteiger partial charge in [-0.15, -0.1) is 0 Å². The average molecular weight is 529 g/mol. The van der Waals surface area contributed by atoms with Gasteiger partial charge in [-0.3, -0.25) is 19.3 Å². The highest BCUT2D eigenvalue weighted by Crippen LogP contribution is 2.48. The second kappa shape index (κ2) is 10.7. The Balaban J connectivity index is 1.67. The Kier molecular flexibility index (Phi) is 7.19. The van der Waals surface area contributed by atoms with Crippen LogP contribution in [0.5, 0.6) is 5.75 Å². The molecule has 0 spiro atoms. The van der Waals surface area contributed by atoms with Crippen LogP contribution in [0.25, 0.3) is 0 Å². The number of aryl methyl sites for hydroxylation is 1. The third-order valence-electron chi connectivity index (χ3n) is 7.33. The highest BCUT2D eigenvalue weighted by Gasteiger charge is 2.41. The van der Waals surface area contributed by atoms with E-state index < -0.39 is 23.7 Å². The fourth-order valence-corrected chi connectivity index (χ4v) is 5.43. The molecule has 3 aromatic carbocycles. The van der Waals surface area contributed by atoms with E-state index in [4.69, 9.17) is 4.74 Å². The summed E-state index contributed by atoms with van der Waals surface area (Å²) in [7, 11) is 1.60. The van der Waals surface area contributed by atoms with Crippen LogP contribution in [0.4, 0.5) is 15.8 Å². The number of carbonyl (C=O) groups excluding carboxylic acids is 2. The average Bonchev–Trinajstić information content (AvgIpc) is 3.06. The predicted molar refractivity (Wildman–Crippen MR) is 145 cm³/mol. The van der Waals surface area contributed by atoms with Gasteiger partial charge in [0, 0.05) is 24.1 Å². The van der Waals surface area contributed by atoms with Crippen LogP contribution >= 0.6 is 0 Å². The van der Waals surface area contributed by atoms with Crippen LogP contribution in [0.2, 0.25) is 0 Å². The molecule has 1 aliphatic carbocycles. The van der Waals surface area contributed by atoms with Crippen molar-refractivity contribution in [1.29, 1.82) is 0 Å². The molecule has 2 aliphatic rings. The number of aliphatic carboxylic acids is 1. The largest absolute Gasteiger partial charge is 0.497 e. The number of ketones is 1. The first-order chi connectivity index (χ1) is 18.7. The topological polar surface area (TPSA) is 95.9 Å². The van der Waals surface area contributed by atoms with Gasteiger partial charge in [0.05, 0.1) is 30.9 Å². The van der Waals surface area contributed by atoms with Crippen LogP contribution in [-0.4, -0.2) is 29.9 Å². The number of benzene rings is 3. The van der Waals surface area contributed by atoms with E-state index in [1.54, 1.807) is 19.2 Å². The zero-order chi connectivity index (χ0) is 27.7. The molecule has 0 unspecified atom stereocenters. The molecule has 39 heavy (non-hydrogen) atoms. The maximum absolute atomic E-state index is 14.0. The highest BCUT2D eigenvalue weighted by atomic mass is 19.1. The lowest BCUT2D eigenvalue weighted by atomic mass is 9.78. The number of hydrogen-bond acceptors (Lipinski definition) is 5. The molecule has 0 bridgehead atoms. The number of ether oxygens (including phenoxy) is 1. The molecule has 1 aliphatic heterocycles. The van der Waals surface area contributed by atoms with Crippen LogP contribution in [-0.2, 0) is 14.4 Å². The normalized spacial score (nSPS) is 18.5. The van der Waals surface area contributed by atoms with Crippen LogP contribution in [0.3, 0.4) is 0 Å². The molecule has 0 saturated carbocycles. The third-order valence-corrected chi connectivity index (χ3v) is 7.33. The molecule has 2 N–H and O–H groups in total. The van der Waals surface area contributed by atoms with Gasteiger partial charge >= 0.3 is 5.97 Å². The summed E-state index contributed by atoms with van der Waals surface area (Å²) in [5.74, 6) is -1.45. The number of hydrogen-bond donors (Lipinski definition) is 2. The van der Waals surface area contributed by atoms with Crippen molar-refractivity contribution in [2.75, 3.05) is 17.3 Å². The lowest BCUT2D eigenvalue weighted by molar-refractivity contribution is -0.138. The third kappa shape index (κ3) is 5.27. The summed E-state index contributed by atoms with van der Waals surface area (Å²) in [5, 5.41) is 12.7. The molecule has 1 heterocycles. The first-order valence-electron chi connectivity index (χ1n) is 12.8. The van der Waals surface area contributed by atoms with E-state index in [1.807, 2.05) is 49.4 Å². The summed E-state index contributed by atoms with van der Waals surface area (Å²) in [5.41, 5.74) is 4.78. The van der Waals surface area contributed by atoms with Crippen molar-refractivity contribution < 1.29 is 28.6 Å². The number of anilines is 2. The Hall–Kier alpha value is -4.46. The van der Waals surface area contributed by atoms with Crippen molar-refractivity contribution in [3.63, 3.8) is 0 Å². The first kappa shape index (κ1) is 26.2. The Labute approximate surface area is 225 Å². The number of amides is 1. The van der Waals surface area contributed by atoms with Gasteiger partial charge in [-0.2, -0.15) is 0 Å². The number of rotatable bonds is 6. The number of methoxy groups -OCH3 is 1. The van der Waals surface area contributed by atoms with E-state index in [0.29, 0.717) is 34.6 Å². The van der Waals surface area contributed by atoms with Gasteiger partial charge in [0.2, 0.25) is 5.91 Å². The van der Waals surface area contributed by atoms with E-state index in [0.717, 1.165) is 16.9 Å². The number of halogens is 1. The summed E-state index contributed by atoms with van der Waals surface area (Å²) < 4.78 is 19.2. The second-order valence-electron chi connectivity index (χ2n) is 9.95. The van der Waals surface area contributed by atoms with Crippen LogP contribution in [0, 0.1) is 12.7 Å². The fourth-order valence-electron chi connectivity index (χ4n) is 5.43. The Morgan fingerprint density at radius 1 is 1.00 bits per heavy atom. The minimum atomic E-state index is -1.09. The quantitative estimate of drug-likeness (QED) is 0.413. The van der Waals surface area contributed by atoms with Gasteiger partial charge < -0.3 is 15.2 Å². The van der Waals surface area contributed by atoms with Crippen molar-refractivity contribution in [3.05, 3.63) is 101 Å². The van der Waals surface area contributed by atoms with E-state index >= 15 is 0 Å². The zero-order valence-electron chi connectivity index (χ0n) is 21.7. The van der Waals surface area contributed by atoms with E-state index in [9.17, 15) is 23.9 Å². The monoisotopic (exact) mass is 528 g/mol. The van der Waals surface area contributed by atoms with Gasteiger partial charge in [0.25, 0.3) is 0 Å². The Morgan fingerprint density at radius 2 is 1.69 bits per heavy atom. The molecular weight excluding hydrogens is 499 g/mol. The molecule has 3 aromatic rings. The first-order valence-corrected chi connectivity index (χ1v) is 12.8. The molecule has 200 valence electrons. The smallest absolute Gasteiger partial charge is 0.303 e. The summed E-state index contributed by atoms with van der Waals surface area (Å²) in [6.07, 6.45) is 0.164. The predicted octanol–water partition coefficient (Wildman–Crippen LogP) is 5.91. The van der Waals surface area contributed by atoms with E-state index in [-0.39, 0.29) is 31.0 Å². The van der Waals surface area contributed by atoms with Crippen molar-refractivity contribution in [2.45, 2.75) is 44.6 Å². The van der Waals surface area contributed by atoms with Crippen molar-refractivity contribution >= 4 is 29.0 Å². The Bertz CT molecular complexity index is 1460. The SMILES string of the molecule is COc1ccc([C@@H]2CC(=O)C3=C(C2)Nc2ccc(C)cc2N(C(=O)CCC(=O)O)[C@H]3c2ccc(F)cc2)cc1. The van der Waals surface area contributed by atoms with E-state index in [2.05, 4.69) is 5.32 Å². The number of nitrogens with zero attached hydrogens (tertiary/aromatic N) is 1. The number of carboxylic acid groups (broad SMARTS) is 1. The zero-order valence-corrected chi connectivity index (χ0v) is 21.7. The van der Waals surface area contributed by atoms with Gasteiger partial charge in [0.1, 0.15) is 11.6 Å². The summed E-state index contributed by atoms with van der Waals surface area (Å²) >= 11 is 0. The van der Waals surface area contributed by atoms with Gasteiger partial charge in [-0.25, -0.2) is 4.39 Å². The number of carboxylic acids is 1. The van der Waals surface area contributed by atoms with E-state index in [1.165, 1.54) is 17.0 Å². The summed E-state index contributed by atoms with van der Waals surface area (Å²) in [4.78, 5) is 40.5. The number of Topliss-reactive ketones (excluding diaryl/α,β-unsaturated/α-hetero) is 1. The lowest BCUT2D eigenvalue weighted by Crippen LogP contribution is -2.38. The summed E-state index contributed by atoms with van der Waals surface area (Å²) in [6.45, 7) is 1.90. The highest BCUT2D eigenvalue weighted by molar-refractivity contribution is 6.06. The maximum atomic E-state index is 14.0. The lowest BCUT2D eigenvalue weighted by Gasteiger charge is -2.35. The fraction of sp³-hybridized carbons (Fsp3) is 0.258. The minimum absolute atomic E-state index is 0.0910. The van der Waals surface area contributed by atoms with Gasteiger partial charge in [-0.1, -0.05) is 30.3 Å². The summed E-state index contributed by atoms with van der Waals surface area (Å²) in [6, 6.07) is 18.2. The number of nitrogens with one attached hydrogen (secondary N) is 1. The van der Waals surface area contributed by atoms with Crippen molar-refractivity contribution in [1.82, 2.24) is 0 Å². The number of carbonyl (C=O) groups is 3. The minimum Gasteiger partial charge on any atom is -0.497 e. The standard InChI is InChI=1S/C31H29FN2O5/c1-18-3-12-24-26(15-18)34(28(36)13-14-29(37)38)31(20-4-8-22(32)9-5-20)30-25(33-24)16-21(17-27(30)35)19-6-10-23(39-2)11-7-19/h3-12,15,21,31,33H,13-14,16-17H2,1-2H3,(H,37,38)/t21-,31-/m0/s1. The van der Waals surface area contributed by atoms with Crippen molar-refractivity contribution in [3.8, 4) is 5.75 Å². The number of allylic oxidation sites excluding steroid dienone is 1. The Morgan fingerprint density at radius 3 is 2.36 bits per heavy atom. The van der Waals surface area contributed by atoms with Gasteiger partial charge in [-0.05, 0) is 72.4 Å². The molecule has 0 fully saturated rings. The molecular formula is C31H29FN2O5.